The van der Waals surface area contributed by atoms with Crippen molar-refractivity contribution in [2.45, 2.75) is 19.9 Å². The second-order valence-corrected chi connectivity index (χ2v) is 8.79. The third-order valence-corrected chi connectivity index (χ3v) is 5.68. The first kappa shape index (κ1) is 23.0. The molecule has 0 spiro atoms. The maximum atomic E-state index is 12.8. The van der Waals surface area contributed by atoms with Gasteiger partial charge in [0.1, 0.15) is 5.75 Å². The van der Waals surface area contributed by atoms with Gasteiger partial charge < -0.3 is 15.4 Å². The molecule has 0 bridgehead atoms. The van der Waals surface area contributed by atoms with Gasteiger partial charge in [-0.3, -0.25) is 9.59 Å². The van der Waals surface area contributed by atoms with Crippen molar-refractivity contribution in [2.24, 2.45) is 0 Å². The maximum absolute atomic E-state index is 12.8. The van der Waals surface area contributed by atoms with Crippen LogP contribution in [0.2, 0.25) is 0 Å². The summed E-state index contributed by atoms with van der Waals surface area (Å²) in [6.45, 7) is 3.63. The number of amides is 2. The summed E-state index contributed by atoms with van der Waals surface area (Å²) in [5, 5.41) is 5.75. The number of benzene rings is 3. The molecular weight excluding hydrogens is 524 g/mol. The summed E-state index contributed by atoms with van der Waals surface area (Å²) in [7, 11) is 0. The summed E-state index contributed by atoms with van der Waals surface area (Å²) >= 11 is 6.87. The summed E-state index contributed by atoms with van der Waals surface area (Å²) < 4.78 is 7.37. The van der Waals surface area contributed by atoms with Crippen molar-refractivity contribution < 1.29 is 14.3 Å². The molecule has 160 valence electrons. The van der Waals surface area contributed by atoms with E-state index in [4.69, 9.17) is 4.74 Å². The van der Waals surface area contributed by atoms with Crippen LogP contribution in [0.3, 0.4) is 0 Å². The molecule has 0 fully saturated rings. The van der Waals surface area contributed by atoms with Gasteiger partial charge in [0, 0.05) is 4.47 Å². The van der Waals surface area contributed by atoms with Crippen molar-refractivity contribution in [3.05, 3.63) is 92.4 Å². The largest absolute Gasteiger partial charge is 0.482 e. The molecule has 2 amide bonds. The highest BCUT2D eigenvalue weighted by molar-refractivity contribution is 9.11. The van der Waals surface area contributed by atoms with Crippen molar-refractivity contribution in [1.82, 2.24) is 5.32 Å². The summed E-state index contributed by atoms with van der Waals surface area (Å²) in [5.41, 5.74) is 2.71. The van der Waals surface area contributed by atoms with Gasteiger partial charge in [0.15, 0.2) is 6.61 Å². The number of hydrogen-bond donors (Lipinski definition) is 2. The molecule has 1 unspecified atom stereocenters. The van der Waals surface area contributed by atoms with Crippen molar-refractivity contribution in [3.63, 3.8) is 0 Å². The Labute approximate surface area is 198 Å². The highest BCUT2D eigenvalue weighted by Gasteiger charge is 2.17. The average molecular weight is 546 g/mol. The molecule has 0 aliphatic rings. The highest BCUT2D eigenvalue weighted by Crippen LogP contribution is 2.32. The maximum Gasteiger partial charge on any atom is 0.262 e. The second kappa shape index (κ2) is 10.6. The fourth-order valence-corrected chi connectivity index (χ4v) is 4.64. The Balaban J connectivity index is 1.66. The van der Waals surface area contributed by atoms with Gasteiger partial charge in [-0.1, -0.05) is 58.4 Å². The third kappa shape index (κ3) is 6.18. The van der Waals surface area contributed by atoms with Crippen LogP contribution in [0.15, 0.2) is 75.7 Å². The van der Waals surface area contributed by atoms with Gasteiger partial charge in [-0.15, -0.1) is 0 Å². The van der Waals surface area contributed by atoms with E-state index in [0.29, 0.717) is 17.0 Å². The van der Waals surface area contributed by atoms with Crippen LogP contribution in [0.5, 0.6) is 5.75 Å². The lowest BCUT2D eigenvalue weighted by Crippen LogP contribution is -2.28. The number of ether oxygens (including phenoxy) is 1. The Morgan fingerprint density at radius 2 is 1.68 bits per heavy atom. The SMILES string of the molecule is Cc1cc(Br)cc(Br)c1OCC(=O)Nc1ccccc1C(=O)NC(C)c1ccccc1. The van der Waals surface area contributed by atoms with Crippen molar-refractivity contribution >= 4 is 49.4 Å². The smallest absolute Gasteiger partial charge is 0.262 e. The number of anilines is 1. The molecular formula is C24H22Br2N2O3. The van der Waals surface area contributed by atoms with E-state index in [1.54, 1.807) is 24.3 Å². The lowest BCUT2D eigenvalue weighted by molar-refractivity contribution is -0.118. The van der Waals surface area contributed by atoms with Crippen LogP contribution in [0.1, 0.15) is 34.5 Å². The van der Waals surface area contributed by atoms with Crippen LogP contribution >= 0.6 is 31.9 Å². The van der Waals surface area contributed by atoms with E-state index in [-0.39, 0.29) is 24.5 Å². The standard InChI is InChI=1S/C24H22Br2N2O3/c1-15-12-18(25)13-20(26)23(15)31-14-22(29)28-21-11-7-6-10-19(21)24(30)27-16(2)17-8-4-3-5-9-17/h3-13,16H,14H2,1-2H3,(H,27,30)(H,28,29). The number of halogens is 2. The van der Waals surface area contributed by atoms with Crippen LogP contribution in [0.4, 0.5) is 5.69 Å². The number of para-hydroxylation sites is 1. The van der Waals surface area contributed by atoms with Crippen molar-refractivity contribution in [3.8, 4) is 5.75 Å². The lowest BCUT2D eigenvalue weighted by Gasteiger charge is -2.17. The Hall–Kier alpha value is -2.64. The van der Waals surface area contributed by atoms with Gasteiger partial charge in [-0.2, -0.15) is 0 Å². The number of rotatable bonds is 7. The fourth-order valence-electron chi connectivity index (χ4n) is 3.09. The van der Waals surface area contributed by atoms with Crippen molar-refractivity contribution in [2.75, 3.05) is 11.9 Å². The Bertz CT molecular complexity index is 1060. The fraction of sp³-hybridized carbons (Fsp3) is 0.167. The zero-order chi connectivity index (χ0) is 22.4. The molecule has 0 saturated heterocycles. The number of nitrogens with one attached hydrogen (secondary N) is 2. The topological polar surface area (TPSA) is 67.4 Å². The first-order valence-electron chi connectivity index (χ1n) is 9.68. The van der Waals surface area contributed by atoms with Gasteiger partial charge in [0.05, 0.1) is 21.8 Å². The van der Waals surface area contributed by atoms with Gasteiger partial charge in [-0.05, 0) is 65.2 Å². The molecule has 7 heteroatoms. The van der Waals surface area contributed by atoms with Crippen LogP contribution in [-0.2, 0) is 4.79 Å². The molecule has 0 radical (unpaired) electrons. The lowest BCUT2D eigenvalue weighted by atomic mass is 10.1. The van der Waals surface area contributed by atoms with Crippen LogP contribution in [-0.4, -0.2) is 18.4 Å². The van der Waals surface area contributed by atoms with Crippen molar-refractivity contribution in [1.29, 1.82) is 0 Å². The molecule has 5 nitrogen and oxygen atoms in total. The van der Waals surface area contributed by atoms with E-state index in [1.807, 2.05) is 56.3 Å². The van der Waals surface area contributed by atoms with E-state index < -0.39 is 0 Å². The molecule has 0 aromatic heterocycles. The molecule has 2 N–H and O–H groups in total. The molecule has 3 aromatic carbocycles. The monoisotopic (exact) mass is 544 g/mol. The van der Waals surface area contributed by atoms with Crippen LogP contribution < -0.4 is 15.4 Å². The second-order valence-electron chi connectivity index (χ2n) is 7.02. The minimum atomic E-state index is -0.356. The highest BCUT2D eigenvalue weighted by atomic mass is 79.9. The van der Waals surface area contributed by atoms with E-state index >= 15 is 0 Å². The first-order chi connectivity index (χ1) is 14.8. The summed E-state index contributed by atoms with van der Waals surface area (Å²) in [5.74, 6) is -0.0219. The van der Waals surface area contributed by atoms with Gasteiger partial charge in [0.25, 0.3) is 11.8 Å². The van der Waals surface area contributed by atoms with Gasteiger partial charge >= 0.3 is 0 Å². The minimum absolute atomic E-state index is 0.168. The zero-order valence-corrected chi connectivity index (χ0v) is 20.3. The zero-order valence-electron chi connectivity index (χ0n) is 17.1. The molecule has 0 aliphatic carbocycles. The van der Waals surface area contributed by atoms with Crippen LogP contribution in [0, 0.1) is 6.92 Å². The Morgan fingerprint density at radius 3 is 2.39 bits per heavy atom. The third-order valence-electron chi connectivity index (χ3n) is 4.63. The van der Waals surface area contributed by atoms with Gasteiger partial charge in [-0.25, -0.2) is 0 Å². The van der Waals surface area contributed by atoms with E-state index in [2.05, 4.69) is 42.5 Å². The number of carbonyl (C=O) groups excluding carboxylic acids is 2. The predicted molar refractivity (Wildman–Crippen MR) is 129 cm³/mol. The molecule has 1 atom stereocenters. The number of hydrogen-bond acceptors (Lipinski definition) is 3. The molecule has 3 aromatic rings. The molecule has 31 heavy (non-hydrogen) atoms. The summed E-state index contributed by atoms with van der Waals surface area (Å²) in [6, 6.07) is 20.2. The summed E-state index contributed by atoms with van der Waals surface area (Å²) in [6.07, 6.45) is 0. The molecule has 0 aliphatic heterocycles. The first-order valence-corrected chi connectivity index (χ1v) is 11.3. The predicted octanol–water partition coefficient (Wildman–Crippen LogP) is 6.03. The normalized spacial score (nSPS) is 11.5. The molecule has 0 saturated carbocycles. The molecule has 3 rings (SSSR count). The van der Waals surface area contributed by atoms with E-state index in [9.17, 15) is 9.59 Å². The molecule has 0 heterocycles. The summed E-state index contributed by atoms with van der Waals surface area (Å²) in [4.78, 5) is 25.3. The average Bonchev–Trinajstić information content (AvgIpc) is 2.74. The van der Waals surface area contributed by atoms with E-state index in [1.165, 1.54) is 0 Å². The quantitative estimate of drug-likeness (QED) is 0.381. The van der Waals surface area contributed by atoms with E-state index in [0.717, 1.165) is 20.1 Å². The number of aryl methyl sites for hydroxylation is 1. The Morgan fingerprint density at radius 1 is 1.00 bits per heavy atom. The van der Waals surface area contributed by atoms with Gasteiger partial charge in [0.2, 0.25) is 0 Å². The number of carbonyl (C=O) groups is 2. The van der Waals surface area contributed by atoms with Crippen LogP contribution in [0.25, 0.3) is 0 Å². The minimum Gasteiger partial charge on any atom is -0.482 e. The Kier molecular flexibility index (Phi) is 7.87.